The highest BCUT2D eigenvalue weighted by Crippen LogP contribution is 2.39. The number of piperidine rings is 1. The summed E-state index contributed by atoms with van der Waals surface area (Å²) < 4.78 is 21.4. The van der Waals surface area contributed by atoms with E-state index >= 15 is 0 Å². The zero-order valence-corrected chi connectivity index (χ0v) is 20.9. The molecule has 1 saturated carbocycles. The molecule has 1 unspecified atom stereocenters. The van der Waals surface area contributed by atoms with Crippen molar-refractivity contribution in [2.45, 2.75) is 50.4 Å². The lowest BCUT2D eigenvalue weighted by atomic mass is 9.93. The highest BCUT2D eigenvalue weighted by molar-refractivity contribution is 7.81. The number of aromatic nitrogens is 2. The molecule has 1 aromatic carbocycles. The average Bonchev–Trinajstić information content (AvgIpc) is 3.56. The average molecular weight is 508 g/mol. The molecule has 9 heteroatoms. The van der Waals surface area contributed by atoms with E-state index in [9.17, 15) is 14.0 Å². The van der Waals surface area contributed by atoms with Crippen LogP contribution in [0.3, 0.4) is 0 Å². The lowest BCUT2D eigenvalue weighted by Crippen LogP contribution is -2.42. The van der Waals surface area contributed by atoms with E-state index in [0.717, 1.165) is 30.5 Å². The van der Waals surface area contributed by atoms with Crippen LogP contribution in [0.25, 0.3) is 6.08 Å². The predicted molar refractivity (Wildman–Crippen MR) is 135 cm³/mol. The van der Waals surface area contributed by atoms with E-state index in [1.165, 1.54) is 6.07 Å². The number of aryl methyl sites for hydroxylation is 1. The molecule has 4 rings (SSSR count). The summed E-state index contributed by atoms with van der Waals surface area (Å²) in [5.74, 6) is -0.438. The highest BCUT2D eigenvalue weighted by atomic mass is 35.5. The van der Waals surface area contributed by atoms with Crippen LogP contribution in [0.1, 0.15) is 49.9 Å². The molecule has 1 aliphatic carbocycles. The molecule has 0 N–H and O–H groups in total. The number of Topliss-reactive ketones (excluding diaryl/α,β-unsaturated/α-hetero) is 1. The second-order valence-electron chi connectivity index (χ2n) is 8.65. The number of ketones is 1. The Morgan fingerprint density at radius 3 is 2.74 bits per heavy atom. The maximum absolute atomic E-state index is 14.7. The van der Waals surface area contributed by atoms with Crippen LogP contribution in [-0.2, 0) is 20.9 Å². The molecule has 2 aliphatic rings. The number of nitrogens with zero attached hydrogens (tertiary/aromatic N) is 3. The Kier molecular flexibility index (Phi) is 9.33. The van der Waals surface area contributed by atoms with Crippen molar-refractivity contribution >= 4 is 42.9 Å². The van der Waals surface area contributed by atoms with Crippen LogP contribution in [0.2, 0.25) is 0 Å². The Morgan fingerprint density at radius 2 is 2.03 bits per heavy atom. The molecule has 1 aliphatic heterocycles. The number of benzene rings is 1. The first kappa shape index (κ1) is 26.4. The second kappa shape index (κ2) is 12.0. The number of rotatable bonds is 9. The van der Waals surface area contributed by atoms with Crippen molar-refractivity contribution in [1.29, 1.82) is 0 Å². The van der Waals surface area contributed by atoms with Gasteiger partial charge in [-0.05, 0) is 50.0 Å². The van der Waals surface area contributed by atoms with Crippen molar-refractivity contribution < 1.29 is 18.7 Å². The molecule has 6 nitrogen and oxygen atoms in total. The molecule has 2 heterocycles. The number of carbonyl (C=O) groups is 2. The van der Waals surface area contributed by atoms with E-state index in [1.807, 2.05) is 18.3 Å². The SMILES string of the molecule is CCOC(=O)CCn1ccc(C=C2CN(C(C(=O)C3CC3)c3ccccc3F)CC[C@H]2S)n1.Cl. The fourth-order valence-electron chi connectivity index (χ4n) is 4.28. The minimum atomic E-state index is -0.579. The zero-order valence-electron chi connectivity index (χ0n) is 19.2. The highest BCUT2D eigenvalue weighted by Gasteiger charge is 2.40. The minimum Gasteiger partial charge on any atom is -0.466 e. The molecular formula is C25H31ClFN3O3S. The van der Waals surface area contributed by atoms with E-state index in [0.29, 0.717) is 31.8 Å². The van der Waals surface area contributed by atoms with Gasteiger partial charge in [0.25, 0.3) is 0 Å². The maximum Gasteiger partial charge on any atom is 0.307 e. The maximum atomic E-state index is 14.7. The van der Waals surface area contributed by atoms with Crippen molar-refractivity contribution in [3.63, 3.8) is 0 Å². The van der Waals surface area contributed by atoms with Crippen molar-refractivity contribution in [1.82, 2.24) is 14.7 Å². The number of thiol groups is 1. The van der Waals surface area contributed by atoms with Crippen LogP contribution in [0.5, 0.6) is 0 Å². The van der Waals surface area contributed by atoms with Crippen LogP contribution >= 0.6 is 25.0 Å². The number of likely N-dealkylation sites (tertiary alicyclic amines) is 1. The summed E-state index contributed by atoms with van der Waals surface area (Å²) in [7, 11) is 0. The van der Waals surface area contributed by atoms with Gasteiger partial charge in [-0.25, -0.2) is 4.39 Å². The smallest absolute Gasteiger partial charge is 0.307 e. The number of hydrogen-bond acceptors (Lipinski definition) is 6. The van der Waals surface area contributed by atoms with Crippen molar-refractivity contribution in [3.8, 4) is 0 Å². The fourth-order valence-corrected chi connectivity index (χ4v) is 4.55. The molecule has 1 saturated heterocycles. The summed E-state index contributed by atoms with van der Waals surface area (Å²) in [5.41, 5.74) is 2.27. The summed E-state index contributed by atoms with van der Waals surface area (Å²) >= 11 is 4.76. The van der Waals surface area contributed by atoms with Crippen LogP contribution in [0.15, 0.2) is 42.1 Å². The summed E-state index contributed by atoms with van der Waals surface area (Å²) in [6.45, 7) is 3.81. The quantitative estimate of drug-likeness (QED) is 0.400. The van der Waals surface area contributed by atoms with E-state index in [4.69, 9.17) is 17.4 Å². The van der Waals surface area contributed by atoms with Gasteiger partial charge in [0.1, 0.15) is 5.82 Å². The van der Waals surface area contributed by atoms with Gasteiger partial charge in [0.15, 0.2) is 5.78 Å². The summed E-state index contributed by atoms with van der Waals surface area (Å²) in [4.78, 5) is 26.8. The fraction of sp³-hybridized carbons (Fsp3) is 0.480. The topological polar surface area (TPSA) is 64.4 Å². The van der Waals surface area contributed by atoms with Gasteiger partial charge in [-0.15, -0.1) is 12.4 Å². The van der Waals surface area contributed by atoms with Crippen molar-refractivity contribution in [3.05, 3.63) is 59.2 Å². The number of carbonyl (C=O) groups excluding carboxylic acids is 2. The molecule has 0 amide bonds. The lowest BCUT2D eigenvalue weighted by molar-refractivity contribution is -0.143. The van der Waals surface area contributed by atoms with Gasteiger partial charge in [-0.1, -0.05) is 18.2 Å². The first-order chi connectivity index (χ1) is 16.0. The number of esters is 1. The van der Waals surface area contributed by atoms with Gasteiger partial charge >= 0.3 is 5.97 Å². The monoisotopic (exact) mass is 507 g/mol. The molecule has 1 aromatic heterocycles. The minimum absolute atomic E-state index is 0. The summed E-state index contributed by atoms with van der Waals surface area (Å²) in [6, 6.07) is 7.90. The van der Waals surface area contributed by atoms with Gasteiger partial charge in [-0.2, -0.15) is 17.7 Å². The van der Waals surface area contributed by atoms with E-state index in [-0.39, 0.29) is 47.6 Å². The van der Waals surface area contributed by atoms with Gasteiger partial charge in [-0.3, -0.25) is 19.2 Å². The molecule has 2 atom stereocenters. The Labute approximate surface area is 211 Å². The second-order valence-corrected chi connectivity index (χ2v) is 9.28. The largest absolute Gasteiger partial charge is 0.466 e. The first-order valence-electron chi connectivity index (χ1n) is 11.6. The predicted octanol–water partition coefficient (Wildman–Crippen LogP) is 4.51. The molecule has 34 heavy (non-hydrogen) atoms. The molecule has 0 bridgehead atoms. The molecule has 0 spiro atoms. The van der Waals surface area contributed by atoms with Gasteiger partial charge in [0.2, 0.25) is 0 Å². The van der Waals surface area contributed by atoms with Crippen molar-refractivity contribution in [2.75, 3.05) is 19.7 Å². The Balaban J connectivity index is 0.00000324. The number of ether oxygens (including phenoxy) is 1. The normalized spacial score (nSPS) is 20.6. The molecular weight excluding hydrogens is 477 g/mol. The Bertz CT molecular complexity index is 1040. The third-order valence-electron chi connectivity index (χ3n) is 6.16. The third kappa shape index (κ3) is 6.49. The van der Waals surface area contributed by atoms with E-state index in [1.54, 1.807) is 29.8 Å². The molecule has 2 aromatic rings. The zero-order chi connectivity index (χ0) is 23.4. The third-order valence-corrected chi connectivity index (χ3v) is 6.75. The van der Waals surface area contributed by atoms with Crippen molar-refractivity contribution in [2.24, 2.45) is 5.92 Å². The Hall–Kier alpha value is -2.16. The molecule has 184 valence electrons. The molecule has 0 radical (unpaired) electrons. The van der Waals surface area contributed by atoms with Gasteiger partial charge in [0, 0.05) is 36.0 Å². The number of hydrogen-bond donors (Lipinski definition) is 1. The number of halogens is 2. The standard InChI is InChI=1S/C25H30FN3O3S.ClH/c1-2-32-23(30)11-14-29-13-9-19(27-29)15-18-16-28(12-10-22(18)33)24(25(31)17-7-8-17)20-5-3-4-6-21(20)26;/h3-6,9,13,15,17,22,24,33H,2,7-8,10-12,14,16H2,1H3;1H/t22-,24?;/m1./s1. The summed E-state index contributed by atoms with van der Waals surface area (Å²) in [6.07, 6.45) is 6.63. The van der Waals surface area contributed by atoms with E-state index < -0.39 is 6.04 Å². The van der Waals surface area contributed by atoms with Gasteiger partial charge < -0.3 is 4.74 Å². The molecule has 2 fully saturated rings. The van der Waals surface area contributed by atoms with Crippen LogP contribution < -0.4 is 0 Å². The van der Waals surface area contributed by atoms with Crippen LogP contribution in [-0.4, -0.2) is 51.4 Å². The van der Waals surface area contributed by atoms with Crippen LogP contribution in [0.4, 0.5) is 4.39 Å². The van der Waals surface area contributed by atoms with E-state index in [2.05, 4.69) is 10.00 Å². The lowest BCUT2D eigenvalue weighted by Gasteiger charge is -2.37. The first-order valence-corrected chi connectivity index (χ1v) is 12.1. The summed E-state index contributed by atoms with van der Waals surface area (Å²) in [5, 5.41) is 4.58. The Morgan fingerprint density at radius 1 is 1.26 bits per heavy atom. The van der Waals surface area contributed by atoms with Gasteiger partial charge in [0.05, 0.1) is 31.3 Å². The van der Waals surface area contributed by atoms with Crippen LogP contribution in [0, 0.1) is 11.7 Å².